The Kier molecular flexibility index (Phi) is 6.10. The Morgan fingerprint density at radius 2 is 2.24 bits per heavy atom. The van der Waals surface area contributed by atoms with Crippen molar-refractivity contribution in [3.05, 3.63) is 24.3 Å². The molecule has 0 saturated carbocycles. The van der Waals surface area contributed by atoms with Gasteiger partial charge in [-0.3, -0.25) is 4.79 Å². The van der Waals surface area contributed by atoms with Crippen LogP contribution in [0.1, 0.15) is 26.2 Å². The third-order valence-corrected chi connectivity index (χ3v) is 2.29. The minimum atomic E-state index is -0.0490. The maximum absolute atomic E-state index is 11.5. The number of carbonyl (C=O) groups excluding carboxylic acids is 1. The summed E-state index contributed by atoms with van der Waals surface area (Å²) in [5, 5.41) is 2.77. The lowest BCUT2D eigenvalue weighted by Gasteiger charge is -2.06. The molecule has 1 aromatic rings. The summed E-state index contributed by atoms with van der Waals surface area (Å²) in [6.45, 7) is 3.30. The number of hydrogen-bond donors (Lipinski definition) is 2. The van der Waals surface area contributed by atoms with Gasteiger partial charge in [-0.15, -0.1) is 0 Å². The average molecular weight is 236 g/mol. The van der Waals surface area contributed by atoms with Crippen molar-refractivity contribution in [3.8, 4) is 0 Å². The van der Waals surface area contributed by atoms with Gasteiger partial charge in [-0.2, -0.15) is 0 Å². The Morgan fingerprint density at radius 3 is 2.94 bits per heavy atom. The summed E-state index contributed by atoms with van der Waals surface area (Å²) in [7, 11) is 0. The van der Waals surface area contributed by atoms with Gasteiger partial charge in [-0.05, 0) is 24.6 Å². The predicted octanol–water partition coefficient (Wildman–Crippen LogP) is 2.41. The Labute approximate surface area is 102 Å². The zero-order valence-electron chi connectivity index (χ0n) is 10.2. The van der Waals surface area contributed by atoms with Crippen molar-refractivity contribution in [3.63, 3.8) is 0 Å². The van der Waals surface area contributed by atoms with E-state index in [4.69, 9.17) is 10.5 Å². The smallest absolute Gasteiger partial charge is 0.226 e. The lowest BCUT2D eigenvalue weighted by Crippen LogP contribution is -2.14. The average Bonchev–Trinajstić information content (AvgIpc) is 2.29. The standard InChI is InChI=1S/C13H20N2O2/c1-2-3-8-17-9-7-13(16)15-12-6-4-5-11(14)10-12/h4-6,10H,2-3,7-9,14H2,1H3,(H,15,16). The molecule has 0 aliphatic carbocycles. The van der Waals surface area contributed by atoms with Crippen LogP contribution < -0.4 is 11.1 Å². The number of unbranched alkanes of at least 4 members (excludes halogenated alkanes) is 1. The van der Waals surface area contributed by atoms with E-state index in [1.807, 2.05) is 12.1 Å². The van der Waals surface area contributed by atoms with Crippen molar-refractivity contribution >= 4 is 17.3 Å². The van der Waals surface area contributed by atoms with E-state index in [2.05, 4.69) is 12.2 Å². The quantitative estimate of drug-likeness (QED) is 0.564. The molecule has 0 spiro atoms. The van der Waals surface area contributed by atoms with Crippen LogP contribution in [0.4, 0.5) is 11.4 Å². The maximum Gasteiger partial charge on any atom is 0.226 e. The highest BCUT2D eigenvalue weighted by atomic mass is 16.5. The minimum Gasteiger partial charge on any atom is -0.399 e. The number of benzene rings is 1. The monoisotopic (exact) mass is 236 g/mol. The third kappa shape index (κ3) is 5.92. The van der Waals surface area contributed by atoms with E-state index < -0.39 is 0 Å². The molecule has 1 aromatic carbocycles. The van der Waals surface area contributed by atoms with Crippen molar-refractivity contribution in [2.75, 3.05) is 24.3 Å². The van der Waals surface area contributed by atoms with Crippen molar-refractivity contribution in [1.82, 2.24) is 0 Å². The molecule has 0 heterocycles. The van der Waals surface area contributed by atoms with Gasteiger partial charge in [0.2, 0.25) is 5.91 Å². The summed E-state index contributed by atoms with van der Waals surface area (Å²) in [5.74, 6) is -0.0490. The molecule has 0 aliphatic rings. The van der Waals surface area contributed by atoms with Crippen LogP contribution in [-0.2, 0) is 9.53 Å². The Bertz CT molecular complexity index is 353. The van der Waals surface area contributed by atoms with Gasteiger partial charge in [0.25, 0.3) is 0 Å². The fourth-order valence-corrected chi connectivity index (χ4v) is 1.35. The molecule has 4 nitrogen and oxygen atoms in total. The molecule has 0 aromatic heterocycles. The normalized spacial score (nSPS) is 10.2. The molecule has 0 saturated heterocycles. The van der Waals surface area contributed by atoms with Crippen molar-refractivity contribution in [2.24, 2.45) is 0 Å². The summed E-state index contributed by atoms with van der Waals surface area (Å²) in [4.78, 5) is 11.5. The number of nitrogens with two attached hydrogens (primary N) is 1. The number of amides is 1. The lowest BCUT2D eigenvalue weighted by atomic mass is 10.3. The first-order chi connectivity index (χ1) is 8.22. The first-order valence-corrected chi connectivity index (χ1v) is 5.95. The van der Waals surface area contributed by atoms with Crippen molar-refractivity contribution in [1.29, 1.82) is 0 Å². The van der Waals surface area contributed by atoms with Gasteiger partial charge in [0.15, 0.2) is 0 Å². The summed E-state index contributed by atoms with van der Waals surface area (Å²) in [6.07, 6.45) is 2.52. The zero-order valence-corrected chi connectivity index (χ0v) is 10.2. The SMILES string of the molecule is CCCCOCCC(=O)Nc1cccc(N)c1. The molecule has 4 heteroatoms. The van der Waals surface area contributed by atoms with E-state index in [0.717, 1.165) is 25.1 Å². The van der Waals surface area contributed by atoms with Gasteiger partial charge < -0.3 is 15.8 Å². The van der Waals surface area contributed by atoms with Crippen LogP contribution in [0.2, 0.25) is 0 Å². The second-order valence-electron chi connectivity index (χ2n) is 3.89. The number of hydrogen-bond acceptors (Lipinski definition) is 3. The Balaban J connectivity index is 2.21. The highest BCUT2D eigenvalue weighted by Crippen LogP contribution is 2.11. The molecule has 1 rings (SSSR count). The lowest BCUT2D eigenvalue weighted by molar-refractivity contribution is -0.117. The summed E-state index contributed by atoms with van der Waals surface area (Å²) < 4.78 is 5.32. The van der Waals surface area contributed by atoms with Crippen molar-refractivity contribution in [2.45, 2.75) is 26.2 Å². The summed E-state index contributed by atoms with van der Waals surface area (Å²) in [6, 6.07) is 7.13. The van der Waals surface area contributed by atoms with Gasteiger partial charge >= 0.3 is 0 Å². The van der Waals surface area contributed by atoms with E-state index >= 15 is 0 Å². The van der Waals surface area contributed by atoms with Gasteiger partial charge in [0, 0.05) is 18.0 Å². The first-order valence-electron chi connectivity index (χ1n) is 5.95. The van der Waals surface area contributed by atoms with Gasteiger partial charge in [0.05, 0.1) is 13.0 Å². The first kappa shape index (κ1) is 13.5. The largest absolute Gasteiger partial charge is 0.399 e. The number of anilines is 2. The minimum absolute atomic E-state index is 0.0490. The van der Waals surface area contributed by atoms with E-state index in [1.54, 1.807) is 12.1 Å². The number of nitrogen functional groups attached to an aromatic ring is 1. The topological polar surface area (TPSA) is 64.3 Å². The van der Waals surface area contributed by atoms with E-state index in [-0.39, 0.29) is 5.91 Å². The molecule has 0 atom stereocenters. The maximum atomic E-state index is 11.5. The van der Waals surface area contributed by atoms with Crippen molar-refractivity contribution < 1.29 is 9.53 Å². The summed E-state index contributed by atoms with van der Waals surface area (Å²) in [5.41, 5.74) is 6.98. The molecule has 17 heavy (non-hydrogen) atoms. The molecule has 0 radical (unpaired) electrons. The zero-order chi connectivity index (χ0) is 12.5. The van der Waals surface area contributed by atoms with E-state index in [1.165, 1.54) is 0 Å². The fraction of sp³-hybridized carbons (Fsp3) is 0.462. The molecule has 0 fully saturated rings. The molecule has 1 amide bonds. The van der Waals surface area contributed by atoms with Gasteiger partial charge in [0.1, 0.15) is 0 Å². The van der Waals surface area contributed by atoms with Crippen LogP contribution in [0.5, 0.6) is 0 Å². The van der Waals surface area contributed by atoms with Crippen LogP contribution in [0.15, 0.2) is 24.3 Å². The van der Waals surface area contributed by atoms with Crippen LogP contribution >= 0.6 is 0 Å². The van der Waals surface area contributed by atoms with Crippen LogP contribution in [0.3, 0.4) is 0 Å². The molecule has 0 bridgehead atoms. The van der Waals surface area contributed by atoms with Crippen LogP contribution in [-0.4, -0.2) is 19.1 Å². The summed E-state index contributed by atoms with van der Waals surface area (Å²) >= 11 is 0. The molecule has 0 aliphatic heterocycles. The highest BCUT2D eigenvalue weighted by Gasteiger charge is 2.02. The van der Waals surface area contributed by atoms with Crippen LogP contribution in [0.25, 0.3) is 0 Å². The van der Waals surface area contributed by atoms with E-state index in [0.29, 0.717) is 18.7 Å². The number of carbonyl (C=O) groups is 1. The number of nitrogens with one attached hydrogen (secondary N) is 1. The molecule has 3 N–H and O–H groups in total. The predicted molar refractivity (Wildman–Crippen MR) is 69.8 cm³/mol. The Hall–Kier alpha value is -1.55. The van der Waals surface area contributed by atoms with Gasteiger partial charge in [-0.1, -0.05) is 19.4 Å². The van der Waals surface area contributed by atoms with Gasteiger partial charge in [-0.25, -0.2) is 0 Å². The van der Waals surface area contributed by atoms with Crippen LogP contribution in [0, 0.1) is 0 Å². The Morgan fingerprint density at radius 1 is 1.41 bits per heavy atom. The third-order valence-electron chi connectivity index (χ3n) is 2.29. The molecular weight excluding hydrogens is 216 g/mol. The number of ether oxygens (including phenoxy) is 1. The second-order valence-corrected chi connectivity index (χ2v) is 3.89. The highest BCUT2D eigenvalue weighted by molar-refractivity contribution is 5.91. The number of rotatable bonds is 7. The fourth-order valence-electron chi connectivity index (χ4n) is 1.35. The van der Waals surface area contributed by atoms with E-state index in [9.17, 15) is 4.79 Å². The molecule has 94 valence electrons. The molecule has 0 unspecified atom stereocenters. The second kappa shape index (κ2) is 7.68. The molecular formula is C13H20N2O2.